The number of carbonyl (C=O) groups excluding carboxylic acids is 1. The molecule has 14 heteroatoms. The van der Waals surface area contributed by atoms with Crippen LogP contribution < -0.4 is 10.1 Å². The van der Waals surface area contributed by atoms with Crippen LogP contribution >= 0.6 is 11.3 Å². The Morgan fingerprint density at radius 1 is 1.27 bits per heavy atom. The van der Waals surface area contributed by atoms with E-state index in [0.717, 1.165) is 16.2 Å². The number of halogens is 5. The Kier molecular flexibility index (Phi) is 8.66. The fourth-order valence-electron chi connectivity index (χ4n) is 4.61. The molecule has 37 heavy (non-hydrogen) atoms. The predicted octanol–water partition coefficient (Wildman–Crippen LogP) is 3.91. The second-order valence-electron chi connectivity index (χ2n) is 9.68. The number of fused-ring (bicyclic) bond motifs is 1. The van der Waals surface area contributed by atoms with Crippen molar-refractivity contribution in [2.45, 2.75) is 82.3 Å². The van der Waals surface area contributed by atoms with Crippen LogP contribution in [-0.2, 0) is 24.1 Å². The van der Waals surface area contributed by atoms with Crippen LogP contribution in [0.5, 0.6) is 5.19 Å². The first-order valence-corrected chi connectivity index (χ1v) is 13.1. The molecule has 206 valence electrons. The summed E-state index contributed by atoms with van der Waals surface area (Å²) >= 11 is 1.09. The number of alkyl halides is 5. The van der Waals surface area contributed by atoms with Crippen LogP contribution in [-0.4, -0.2) is 76.3 Å². The number of carbonyl (C=O) groups is 1. The van der Waals surface area contributed by atoms with Gasteiger partial charge in [0.05, 0.1) is 5.69 Å². The number of nitrogens with zero attached hydrogens (tertiary/aromatic N) is 4. The van der Waals surface area contributed by atoms with Crippen molar-refractivity contribution in [1.29, 1.82) is 0 Å². The van der Waals surface area contributed by atoms with Crippen molar-refractivity contribution < 1.29 is 35.9 Å². The molecule has 2 aromatic heterocycles. The third-order valence-corrected chi connectivity index (χ3v) is 7.86. The fraction of sp³-hybridized carbons (Fsp3) is 0.739. The largest absolute Gasteiger partial charge is 0.463 e. The quantitative estimate of drug-likeness (QED) is 0.448. The van der Waals surface area contributed by atoms with Crippen LogP contribution in [0.15, 0.2) is 4.42 Å². The van der Waals surface area contributed by atoms with Gasteiger partial charge in [0, 0.05) is 43.9 Å². The maximum absolute atomic E-state index is 15.5. The number of ether oxygens (including phenoxy) is 1. The van der Waals surface area contributed by atoms with E-state index in [9.17, 15) is 22.4 Å². The molecule has 1 saturated carbocycles. The number of hydrogen-bond donors (Lipinski definition) is 1. The lowest BCUT2D eigenvalue weighted by Crippen LogP contribution is -2.43. The first-order valence-electron chi connectivity index (χ1n) is 12.3. The smallest absolute Gasteiger partial charge is 0.340 e. The first-order chi connectivity index (χ1) is 17.5. The summed E-state index contributed by atoms with van der Waals surface area (Å²) in [4.78, 5) is 19.4. The van der Waals surface area contributed by atoms with E-state index in [0.29, 0.717) is 76.2 Å². The topological polar surface area (TPSA) is 93.4 Å². The summed E-state index contributed by atoms with van der Waals surface area (Å²) in [7, 11) is 0. The van der Waals surface area contributed by atoms with Gasteiger partial charge in [0.2, 0.25) is 17.7 Å². The number of rotatable bonds is 10. The number of thiazole rings is 1. The van der Waals surface area contributed by atoms with Crippen LogP contribution in [0.2, 0.25) is 0 Å². The van der Waals surface area contributed by atoms with Crippen molar-refractivity contribution >= 4 is 17.2 Å². The molecule has 0 radical (unpaired) electrons. The van der Waals surface area contributed by atoms with Gasteiger partial charge in [-0.3, -0.25) is 4.79 Å². The van der Waals surface area contributed by atoms with Crippen molar-refractivity contribution in [1.82, 2.24) is 25.4 Å². The first kappa shape index (κ1) is 27.7. The normalized spacial score (nSPS) is 23.1. The maximum atomic E-state index is 15.5. The maximum Gasteiger partial charge on any atom is 0.340 e. The molecular formula is C23H30F5N5O3S. The second-order valence-corrected chi connectivity index (χ2v) is 10.7. The molecular weight excluding hydrogens is 521 g/mol. The Bertz CT molecular complexity index is 1030. The number of hydrogen-bond acceptors (Lipinski definition) is 8. The summed E-state index contributed by atoms with van der Waals surface area (Å²) in [6.45, 7) is 2.10. The van der Waals surface area contributed by atoms with Gasteiger partial charge in [0.1, 0.15) is 12.1 Å². The molecule has 1 amide bonds. The third kappa shape index (κ3) is 7.59. The third-order valence-electron chi connectivity index (χ3n) is 6.79. The Hall–Kier alpha value is -2.35. The predicted molar refractivity (Wildman–Crippen MR) is 124 cm³/mol. The van der Waals surface area contributed by atoms with Crippen molar-refractivity contribution in [3.05, 3.63) is 22.4 Å². The summed E-state index contributed by atoms with van der Waals surface area (Å²) in [6.07, 6.45) is -0.412. The Morgan fingerprint density at radius 2 is 2.00 bits per heavy atom. The van der Waals surface area contributed by atoms with Gasteiger partial charge in [-0.1, -0.05) is 11.3 Å². The molecule has 4 rings (SSSR count). The van der Waals surface area contributed by atoms with E-state index >= 15 is 4.39 Å². The van der Waals surface area contributed by atoms with Crippen molar-refractivity contribution in [2.24, 2.45) is 0 Å². The molecule has 0 bridgehead atoms. The zero-order valence-electron chi connectivity index (χ0n) is 20.5. The summed E-state index contributed by atoms with van der Waals surface area (Å²) in [5.41, 5.74) is -0.582. The molecule has 0 atom stereocenters. The van der Waals surface area contributed by atoms with Crippen LogP contribution in [0.4, 0.5) is 22.0 Å². The van der Waals surface area contributed by atoms with Crippen molar-refractivity contribution in [3.8, 4) is 5.19 Å². The van der Waals surface area contributed by atoms with Crippen LogP contribution in [0.1, 0.15) is 54.5 Å². The molecule has 0 spiro atoms. The van der Waals surface area contributed by atoms with Gasteiger partial charge >= 0.3 is 12.3 Å². The Morgan fingerprint density at radius 3 is 2.68 bits per heavy atom. The number of aromatic nitrogens is 3. The van der Waals surface area contributed by atoms with E-state index in [2.05, 4.69) is 25.4 Å². The van der Waals surface area contributed by atoms with Gasteiger partial charge < -0.3 is 19.4 Å². The van der Waals surface area contributed by atoms with E-state index in [1.54, 1.807) is 6.92 Å². The average Bonchev–Trinajstić information content (AvgIpc) is 3.38. The average molecular weight is 552 g/mol. The minimum atomic E-state index is -4.22. The van der Waals surface area contributed by atoms with E-state index in [-0.39, 0.29) is 29.5 Å². The molecule has 0 unspecified atom stereocenters. The van der Waals surface area contributed by atoms with Crippen LogP contribution in [0.25, 0.3) is 0 Å². The summed E-state index contributed by atoms with van der Waals surface area (Å²) in [5.74, 6) is -3.79. The van der Waals surface area contributed by atoms with Crippen molar-refractivity contribution in [3.63, 3.8) is 0 Å². The Labute approximate surface area is 215 Å². The minimum absolute atomic E-state index is 0.00319. The van der Waals surface area contributed by atoms with E-state index < -0.39 is 24.6 Å². The molecule has 8 nitrogen and oxygen atoms in total. The SMILES string of the molecule is Cc1nnc(CC(=O)N[C@H]2CC[C@](F)(CCN3CCc4nc(OCC(F)(F)C(F)F)sc4CC3)CC2)o1. The van der Waals surface area contributed by atoms with Gasteiger partial charge in [-0.25, -0.2) is 18.2 Å². The molecule has 2 aliphatic rings. The zero-order chi connectivity index (χ0) is 26.6. The molecule has 1 N–H and O–H groups in total. The summed E-state index contributed by atoms with van der Waals surface area (Å²) in [5, 5.41) is 10.4. The van der Waals surface area contributed by atoms with Gasteiger partial charge in [-0.15, -0.1) is 10.2 Å². The van der Waals surface area contributed by atoms with Gasteiger partial charge in [0.15, 0.2) is 6.61 Å². The highest BCUT2D eigenvalue weighted by atomic mass is 32.1. The lowest BCUT2D eigenvalue weighted by Gasteiger charge is -2.35. The van der Waals surface area contributed by atoms with Crippen LogP contribution in [0, 0.1) is 6.92 Å². The monoisotopic (exact) mass is 551 g/mol. The van der Waals surface area contributed by atoms with E-state index in [1.165, 1.54) is 0 Å². The molecule has 1 aliphatic carbocycles. The highest BCUT2D eigenvalue weighted by molar-refractivity contribution is 7.13. The highest BCUT2D eigenvalue weighted by Crippen LogP contribution is 2.36. The van der Waals surface area contributed by atoms with Crippen molar-refractivity contribution in [2.75, 3.05) is 26.2 Å². The summed E-state index contributed by atoms with van der Waals surface area (Å²) < 4.78 is 76.3. The van der Waals surface area contributed by atoms with E-state index in [1.807, 2.05) is 0 Å². The highest BCUT2D eigenvalue weighted by Gasteiger charge is 2.42. The molecule has 0 aromatic carbocycles. The number of nitrogens with one attached hydrogen (secondary N) is 1. The van der Waals surface area contributed by atoms with E-state index in [4.69, 9.17) is 9.15 Å². The van der Waals surface area contributed by atoms with Gasteiger partial charge in [0.25, 0.3) is 5.19 Å². The molecule has 1 aliphatic heterocycles. The number of amides is 1. The Balaban J connectivity index is 1.17. The summed E-state index contributed by atoms with van der Waals surface area (Å²) in [6, 6.07) is -0.0855. The van der Waals surface area contributed by atoms with Crippen LogP contribution in [0.3, 0.4) is 0 Å². The zero-order valence-corrected chi connectivity index (χ0v) is 21.3. The standard InChI is InChI=1S/C23H30F5N5O3S/c1-14-31-32-19(36-14)12-18(34)29-15-2-6-22(26,7-3-15)8-11-33-9-4-16-17(5-10-33)37-21(30-16)35-13-23(27,28)20(24)25/h15,20H,2-13H2,1H3,(H,29,34)/t15-,22+. The fourth-order valence-corrected chi connectivity index (χ4v) is 5.55. The molecule has 0 saturated heterocycles. The lowest BCUT2D eigenvalue weighted by atomic mass is 9.81. The molecule has 1 fully saturated rings. The molecule has 2 aromatic rings. The van der Waals surface area contributed by atoms with Gasteiger partial charge in [-0.05, 0) is 38.5 Å². The number of aryl methyl sites for hydroxylation is 1. The second kappa shape index (κ2) is 11.6. The van der Waals surface area contributed by atoms with Gasteiger partial charge in [-0.2, -0.15) is 8.78 Å². The molecule has 3 heterocycles. The minimum Gasteiger partial charge on any atom is -0.463 e. The lowest BCUT2D eigenvalue weighted by molar-refractivity contribution is -0.148.